The molecule has 2 aromatic rings. The number of halogens is 1. The third-order valence-electron chi connectivity index (χ3n) is 2.89. The van der Waals surface area contributed by atoms with Gasteiger partial charge in [-0.1, -0.05) is 28.1 Å². The lowest BCUT2D eigenvalue weighted by atomic mass is 10.1. The van der Waals surface area contributed by atoms with Crippen molar-refractivity contribution in [2.45, 2.75) is 25.1 Å². The van der Waals surface area contributed by atoms with Crippen LogP contribution in [0.15, 0.2) is 35.7 Å². The Morgan fingerprint density at radius 1 is 1.10 bits per heavy atom. The van der Waals surface area contributed by atoms with Gasteiger partial charge in [-0.3, -0.25) is 0 Å². The summed E-state index contributed by atoms with van der Waals surface area (Å²) >= 11 is 5.55. The minimum Gasteiger partial charge on any atom is -0.490 e. The van der Waals surface area contributed by atoms with Crippen LogP contribution in [-0.4, -0.2) is 13.2 Å². The molecular weight excluding hydrogens is 336 g/mol. The number of ether oxygens (including phenoxy) is 2. The predicted molar refractivity (Wildman–Crippen MR) is 88.5 cm³/mol. The zero-order valence-electron chi connectivity index (χ0n) is 11.8. The number of rotatable bonds is 7. The van der Waals surface area contributed by atoms with Gasteiger partial charge < -0.3 is 9.47 Å². The summed E-state index contributed by atoms with van der Waals surface area (Å²) in [7, 11) is 0. The second kappa shape index (κ2) is 7.70. The average molecular weight is 355 g/mol. The second-order valence-corrected chi connectivity index (χ2v) is 6.46. The number of hydrogen-bond donors (Lipinski definition) is 0. The highest BCUT2D eigenvalue weighted by Gasteiger charge is 2.13. The lowest BCUT2D eigenvalue weighted by Gasteiger charge is -2.15. The Labute approximate surface area is 132 Å². The smallest absolute Gasteiger partial charge is 0.161 e. The monoisotopic (exact) mass is 354 g/mol. The molecule has 1 atom stereocenters. The van der Waals surface area contributed by atoms with E-state index < -0.39 is 0 Å². The molecule has 0 aliphatic carbocycles. The molecule has 0 saturated heterocycles. The van der Waals surface area contributed by atoms with Gasteiger partial charge in [-0.15, -0.1) is 11.3 Å². The first-order chi connectivity index (χ1) is 9.74. The Kier molecular flexibility index (Phi) is 5.92. The van der Waals surface area contributed by atoms with Crippen LogP contribution in [0.3, 0.4) is 0 Å². The molecule has 20 heavy (non-hydrogen) atoms. The van der Waals surface area contributed by atoms with Gasteiger partial charge in [-0.25, -0.2) is 0 Å². The Morgan fingerprint density at radius 2 is 1.85 bits per heavy atom. The van der Waals surface area contributed by atoms with Crippen molar-refractivity contribution in [1.82, 2.24) is 0 Å². The summed E-state index contributed by atoms with van der Waals surface area (Å²) in [5.41, 5.74) is 1.21. The largest absolute Gasteiger partial charge is 0.490 e. The van der Waals surface area contributed by atoms with E-state index in [2.05, 4.69) is 45.6 Å². The lowest BCUT2D eigenvalue weighted by molar-refractivity contribution is 0.287. The van der Waals surface area contributed by atoms with Crippen molar-refractivity contribution in [3.63, 3.8) is 0 Å². The zero-order valence-corrected chi connectivity index (χ0v) is 14.2. The molecule has 0 aliphatic heterocycles. The van der Waals surface area contributed by atoms with Crippen LogP contribution in [0, 0.1) is 0 Å². The number of hydrogen-bond acceptors (Lipinski definition) is 3. The first-order valence-corrected chi connectivity index (χ1v) is 8.60. The number of alkyl halides is 1. The minimum absolute atomic E-state index is 0.288. The molecular formula is C16H19BrO2S. The molecule has 108 valence electrons. The van der Waals surface area contributed by atoms with Crippen molar-refractivity contribution in [1.29, 1.82) is 0 Å². The SMILES string of the molecule is CCOc1ccc(C(Br)Cc2cccs2)cc1OCC. The lowest BCUT2D eigenvalue weighted by Crippen LogP contribution is -2.00. The van der Waals surface area contributed by atoms with E-state index >= 15 is 0 Å². The highest BCUT2D eigenvalue weighted by atomic mass is 79.9. The number of benzene rings is 1. The van der Waals surface area contributed by atoms with Crippen molar-refractivity contribution >= 4 is 27.3 Å². The van der Waals surface area contributed by atoms with Crippen molar-refractivity contribution < 1.29 is 9.47 Å². The molecule has 0 bridgehead atoms. The fraction of sp³-hybridized carbons (Fsp3) is 0.375. The van der Waals surface area contributed by atoms with Gasteiger partial charge >= 0.3 is 0 Å². The van der Waals surface area contributed by atoms with E-state index in [0.29, 0.717) is 13.2 Å². The maximum atomic E-state index is 5.67. The van der Waals surface area contributed by atoms with Gasteiger partial charge in [0.1, 0.15) is 0 Å². The predicted octanol–water partition coefficient (Wildman–Crippen LogP) is 5.22. The van der Waals surface area contributed by atoms with E-state index in [1.54, 1.807) is 11.3 Å². The van der Waals surface area contributed by atoms with Crippen molar-refractivity contribution in [3.8, 4) is 11.5 Å². The van der Waals surface area contributed by atoms with E-state index in [0.717, 1.165) is 17.9 Å². The topological polar surface area (TPSA) is 18.5 Å². The summed E-state index contributed by atoms with van der Waals surface area (Å²) in [6.45, 7) is 5.25. The molecule has 1 aromatic carbocycles. The van der Waals surface area contributed by atoms with Gasteiger partial charge in [0.25, 0.3) is 0 Å². The molecule has 0 fully saturated rings. The van der Waals surface area contributed by atoms with E-state index in [9.17, 15) is 0 Å². The zero-order chi connectivity index (χ0) is 14.4. The molecule has 4 heteroatoms. The van der Waals surface area contributed by atoms with E-state index in [1.165, 1.54) is 10.4 Å². The van der Waals surface area contributed by atoms with Gasteiger partial charge in [0.05, 0.1) is 13.2 Å². The van der Waals surface area contributed by atoms with Crippen LogP contribution in [0.4, 0.5) is 0 Å². The van der Waals surface area contributed by atoms with Gasteiger partial charge in [-0.05, 0) is 49.4 Å². The molecule has 1 aromatic heterocycles. The molecule has 2 rings (SSSR count). The first-order valence-electron chi connectivity index (χ1n) is 6.80. The van der Waals surface area contributed by atoms with Crippen LogP contribution >= 0.6 is 27.3 Å². The second-order valence-electron chi connectivity index (χ2n) is 4.32. The molecule has 2 nitrogen and oxygen atoms in total. The Bertz CT molecular complexity index is 525. The van der Waals surface area contributed by atoms with Gasteiger partial charge in [0.2, 0.25) is 0 Å². The standard InChI is InChI=1S/C16H19BrO2S/c1-3-18-15-8-7-12(10-16(15)19-4-2)14(17)11-13-6-5-9-20-13/h5-10,14H,3-4,11H2,1-2H3. The van der Waals surface area contributed by atoms with Crippen LogP contribution in [0.1, 0.15) is 29.1 Å². The fourth-order valence-electron chi connectivity index (χ4n) is 1.99. The summed E-state index contributed by atoms with van der Waals surface area (Å²) in [6.07, 6.45) is 0.983. The normalized spacial score (nSPS) is 12.2. The summed E-state index contributed by atoms with van der Waals surface area (Å²) in [4.78, 5) is 1.66. The molecule has 0 spiro atoms. The molecule has 0 N–H and O–H groups in total. The molecule has 1 heterocycles. The van der Waals surface area contributed by atoms with Gasteiger partial charge in [-0.2, -0.15) is 0 Å². The van der Waals surface area contributed by atoms with Crippen molar-refractivity contribution in [3.05, 3.63) is 46.2 Å². The Balaban J connectivity index is 2.16. The van der Waals surface area contributed by atoms with Crippen LogP contribution in [0.25, 0.3) is 0 Å². The molecule has 0 radical (unpaired) electrons. The summed E-state index contributed by atoms with van der Waals surface area (Å²) in [5, 5.41) is 2.11. The van der Waals surface area contributed by atoms with Crippen LogP contribution < -0.4 is 9.47 Å². The van der Waals surface area contributed by atoms with Gasteiger partial charge in [0, 0.05) is 9.70 Å². The third kappa shape index (κ3) is 4.00. The fourth-order valence-corrected chi connectivity index (χ4v) is 3.59. The highest BCUT2D eigenvalue weighted by molar-refractivity contribution is 9.09. The first kappa shape index (κ1) is 15.4. The summed E-state index contributed by atoms with van der Waals surface area (Å²) in [5.74, 6) is 1.64. The Morgan fingerprint density at radius 3 is 2.50 bits per heavy atom. The summed E-state index contributed by atoms with van der Waals surface area (Å²) in [6, 6.07) is 10.4. The molecule has 0 saturated carbocycles. The Hall–Kier alpha value is -1.00. The van der Waals surface area contributed by atoms with E-state index in [4.69, 9.17) is 9.47 Å². The minimum atomic E-state index is 0.288. The van der Waals surface area contributed by atoms with Crippen molar-refractivity contribution in [2.75, 3.05) is 13.2 Å². The molecule has 0 amide bonds. The van der Waals surface area contributed by atoms with Gasteiger partial charge in [0.15, 0.2) is 11.5 Å². The molecule has 1 unspecified atom stereocenters. The van der Waals surface area contributed by atoms with Crippen LogP contribution in [-0.2, 0) is 6.42 Å². The number of thiophene rings is 1. The quantitative estimate of drug-likeness (QED) is 0.634. The van der Waals surface area contributed by atoms with E-state index in [-0.39, 0.29) is 4.83 Å². The molecule has 0 aliphatic rings. The van der Waals surface area contributed by atoms with E-state index in [1.807, 2.05) is 19.9 Å². The highest BCUT2D eigenvalue weighted by Crippen LogP contribution is 2.35. The third-order valence-corrected chi connectivity index (χ3v) is 4.64. The van der Waals surface area contributed by atoms with Crippen LogP contribution in [0.5, 0.6) is 11.5 Å². The summed E-state index contributed by atoms with van der Waals surface area (Å²) < 4.78 is 11.3. The van der Waals surface area contributed by atoms with Crippen LogP contribution in [0.2, 0.25) is 0 Å². The maximum absolute atomic E-state index is 5.67. The maximum Gasteiger partial charge on any atom is 0.161 e. The average Bonchev–Trinajstić information content (AvgIpc) is 2.94. The van der Waals surface area contributed by atoms with Crippen molar-refractivity contribution in [2.24, 2.45) is 0 Å².